The maximum atomic E-state index is 12.6. The molecule has 3 rings (SSSR count). The Morgan fingerprint density at radius 3 is 3.13 bits per heavy atom. The Bertz CT molecular complexity index is 682. The van der Waals surface area contributed by atoms with Gasteiger partial charge < -0.3 is 10.2 Å². The molecule has 2 heterocycles. The van der Waals surface area contributed by atoms with Gasteiger partial charge in [0.2, 0.25) is 5.91 Å². The van der Waals surface area contributed by atoms with Gasteiger partial charge in [-0.05, 0) is 37.6 Å². The lowest BCUT2D eigenvalue weighted by molar-refractivity contribution is -0.133. The van der Waals surface area contributed by atoms with Crippen molar-refractivity contribution in [2.24, 2.45) is 0 Å². The highest BCUT2D eigenvalue weighted by molar-refractivity contribution is 9.10. The predicted molar refractivity (Wildman–Crippen MR) is 98.9 cm³/mol. The highest BCUT2D eigenvalue weighted by Gasteiger charge is 2.25. The summed E-state index contributed by atoms with van der Waals surface area (Å²) in [6.07, 6.45) is 3.37. The fraction of sp³-hybridized carbons (Fsp3) is 0.529. The number of benzene rings is 1. The van der Waals surface area contributed by atoms with Crippen molar-refractivity contribution in [1.29, 1.82) is 0 Å². The van der Waals surface area contributed by atoms with E-state index in [0.29, 0.717) is 12.5 Å². The molecule has 1 atom stereocenters. The molecule has 1 amide bonds. The van der Waals surface area contributed by atoms with Crippen molar-refractivity contribution in [3.05, 3.63) is 27.7 Å². The molecule has 1 saturated heterocycles. The van der Waals surface area contributed by atoms with Crippen molar-refractivity contribution >= 4 is 43.4 Å². The van der Waals surface area contributed by atoms with Gasteiger partial charge in [0.05, 0.1) is 15.2 Å². The largest absolute Gasteiger partial charge is 0.338 e. The van der Waals surface area contributed by atoms with Gasteiger partial charge in [-0.15, -0.1) is 11.3 Å². The van der Waals surface area contributed by atoms with Crippen LogP contribution >= 0.6 is 27.3 Å². The third kappa shape index (κ3) is 4.11. The van der Waals surface area contributed by atoms with Gasteiger partial charge in [0.15, 0.2) is 0 Å². The first-order valence-corrected chi connectivity index (χ1v) is 9.83. The van der Waals surface area contributed by atoms with Gasteiger partial charge >= 0.3 is 0 Å². The average Bonchev–Trinajstić information content (AvgIpc) is 3.19. The monoisotopic (exact) mass is 395 g/mol. The van der Waals surface area contributed by atoms with Crippen molar-refractivity contribution in [3.8, 4) is 0 Å². The van der Waals surface area contributed by atoms with Crippen molar-refractivity contribution < 1.29 is 4.79 Å². The van der Waals surface area contributed by atoms with Crippen LogP contribution in [0.5, 0.6) is 0 Å². The van der Waals surface area contributed by atoms with Crippen LogP contribution in [0.2, 0.25) is 0 Å². The Balaban J connectivity index is 1.63. The van der Waals surface area contributed by atoms with E-state index in [0.717, 1.165) is 53.9 Å². The quantitative estimate of drug-likeness (QED) is 0.812. The number of amides is 1. The molecule has 0 spiro atoms. The molecule has 0 radical (unpaired) electrons. The third-order valence-corrected chi connectivity index (χ3v) is 5.80. The zero-order valence-electron chi connectivity index (χ0n) is 13.3. The van der Waals surface area contributed by atoms with Gasteiger partial charge in [0.25, 0.3) is 0 Å². The molecular formula is C17H22BrN3OS. The normalized spacial score (nSPS) is 17.7. The van der Waals surface area contributed by atoms with Crippen molar-refractivity contribution in [3.63, 3.8) is 0 Å². The van der Waals surface area contributed by atoms with Crippen LogP contribution in [0.15, 0.2) is 22.7 Å². The van der Waals surface area contributed by atoms with E-state index < -0.39 is 0 Å². The molecule has 1 aromatic heterocycles. The SMILES string of the molecule is CCCN(C(=O)CCc1nc2cc(Br)ccc2s1)C1CCNC1. The van der Waals surface area contributed by atoms with Gasteiger partial charge in [0, 0.05) is 36.4 Å². The molecule has 4 nitrogen and oxygen atoms in total. The molecule has 23 heavy (non-hydrogen) atoms. The molecule has 1 unspecified atom stereocenters. The molecule has 1 fully saturated rings. The summed E-state index contributed by atoms with van der Waals surface area (Å²) < 4.78 is 2.22. The number of fused-ring (bicyclic) bond motifs is 1. The Hall–Kier alpha value is -0.980. The van der Waals surface area contributed by atoms with Crippen molar-refractivity contribution in [2.45, 2.75) is 38.6 Å². The Kier molecular flexibility index (Phi) is 5.67. The average molecular weight is 396 g/mol. The summed E-state index contributed by atoms with van der Waals surface area (Å²) in [4.78, 5) is 19.4. The first-order valence-electron chi connectivity index (χ1n) is 8.22. The lowest BCUT2D eigenvalue weighted by atomic mass is 10.1. The summed E-state index contributed by atoms with van der Waals surface area (Å²) in [5.41, 5.74) is 1.01. The molecular weight excluding hydrogens is 374 g/mol. The second kappa shape index (κ2) is 7.73. The van der Waals surface area contributed by atoms with Crippen LogP contribution < -0.4 is 5.32 Å². The number of aryl methyl sites for hydroxylation is 1. The van der Waals surface area contributed by atoms with Crippen molar-refractivity contribution in [2.75, 3.05) is 19.6 Å². The summed E-state index contributed by atoms with van der Waals surface area (Å²) in [6.45, 7) is 4.94. The fourth-order valence-corrected chi connectivity index (χ4v) is 4.37. The lowest BCUT2D eigenvalue weighted by Gasteiger charge is -2.28. The maximum absolute atomic E-state index is 12.6. The number of carbonyl (C=O) groups is 1. The van der Waals surface area contributed by atoms with Crippen LogP contribution in [0.1, 0.15) is 31.2 Å². The van der Waals surface area contributed by atoms with E-state index in [4.69, 9.17) is 0 Å². The number of hydrogen-bond acceptors (Lipinski definition) is 4. The van der Waals surface area contributed by atoms with E-state index >= 15 is 0 Å². The van der Waals surface area contributed by atoms with Gasteiger partial charge in [0.1, 0.15) is 0 Å². The van der Waals surface area contributed by atoms with Crippen LogP contribution in [-0.2, 0) is 11.2 Å². The number of nitrogens with zero attached hydrogens (tertiary/aromatic N) is 2. The van der Waals surface area contributed by atoms with E-state index in [-0.39, 0.29) is 5.91 Å². The highest BCUT2D eigenvalue weighted by Crippen LogP contribution is 2.26. The molecule has 0 saturated carbocycles. The number of hydrogen-bond donors (Lipinski definition) is 1. The van der Waals surface area contributed by atoms with Gasteiger partial charge in [-0.1, -0.05) is 22.9 Å². The molecule has 0 aliphatic carbocycles. The standard InChI is InChI=1S/C17H22BrN3OS/c1-2-9-21(13-7-8-19-11-13)17(22)6-5-16-20-14-10-12(18)3-4-15(14)23-16/h3-4,10,13,19H,2,5-9,11H2,1H3. The molecule has 1 aromatic carbocycles. The zero-order valence-corrected chi connectivity index (χ0v) is 15.8. The summed E-state index contributed by atoms with van der Waals surface area (Å²) in [7, 11) is 0. The van der Waals surface area contributed by atoms with E-state index in [9.17, 15) is 4.79 Å². The van der Waals surface area contributed by atoms with Crippen LogP contribution in [0, 0.1) is 0 Å². The van der Waals surface area contributed by atoms with E-state index in [1.807, 2.05) is 12.1 Å². The van der Waals surface area contributed by atoms with Crippen LogP contribution in [0.25, 0.3) is 10.2 Å². The van der Waals surface area contributed by atoms with Crippen LogP contribution in [0.4, 0.5) is 0 Å². The molecule has 1 aliphatic heterocycles. The lowest BCUT2D eigenvalue weighted by Crippen LogP contribution is -2.42. The second-order valence-electron chi connectivity index (χ2n) is 5.95. The molecule has 6 heteroatoms. The summed E-state index contributed by atoms with van der Waals surface area (Å²) >= 11 is 5.17. The van der Waals surface area contributed by atoms with Crippen molar-refractivity contribution in [1.82, 2.24) is 15.2 Å². The third-order valence-electron chi connectivity index (χ3n) is 4.21. The Morgan fingerprint density at radius 1 is 1.52 bits per heavy atom. The van der Waals surface area contributed by atoms with Gasteiger partial charge in [-0.3, -0.25) is 4.79 Å². The zero-order chi connectivity index (χ0) is 16.2. The Labute approximate surface area is 149 Å². The number of nitrogens with one attached hydrogen (secondary N) is 1. The number of carbonyl (C=O) groups excluding carboxylic acids is 1. The minimum atomic E-state index is 0.265. The molecule has 1 aliphatic rings. The Morgan fingerprint density at radius 2 is 2.39 bits per heavy atom. The summed E-state index contributed by atoms with van der Waals surface area (Å²) in [5.74, 6) is 0.265. The van der Waals surface area contributed by atoms with Gasteiger partial charge in [-0.25, -0.2) is 4.98 Å². The van der Waals surface area contributed by atoms with E-state index in [2.05, 4.69) is 44.1 Å². The highest BCUT2D eigenvalue weighted by atomic mass is 79.9. The topological polar surface area (TPSA) is 45.2 Å². The minimum absolute atomic E-state index is 0.265. The number of halogens is 1. The van der Waals surface area contributed by atoms with Crippen LogP contribution in [0.3, 0.4) is 0 Å². The van der Waals surface area contributed by atoms with Crippen LogP contribution in [-0.4, -0.2) is 41.5 Å². The maximum Gasteiger partial charge on any atom is 0.223 e. The first kappa shape index (κ1) is 16.9. The molecule has 1 N–H and O–H groups in total. The molecule has 0 bridgehead atoms. The molecule has 2 aromatic rings. The van der Waals surface area contributed by atoms with E-state index in [1.165, 1.54) is 4.70 Å². The first-order chi connectivity index (χ1) is 11.2. The van der Waals surface area contributed by atoms with E-state index in [1.54, 1.807) is 11.3 Å². The number of thiazole rings is 1. The minimum Gasteiger partial charge on any atom is -0.338 e. The van der Waals surface area contributed by atoms with Gasteiger partial charge in [-0.2, -0.15) is 0 Å². The predicted octanol–water partition coefficient (Wildman–Crippen LogP) is 3.59. The summed E-state index contributed by atoms with van der Waals surface area (Å²) in [6, 6.07) is 6.51. The second-order valence-corrected chi connectivity index (χ2v) is 7.98. The smallest absolute Gasteiger partial charge is 0.223 e. The number of rotatable bonds is 6. The fourth-order valence-electron chi connectivity index (χ4n) is 3.07. The number of aromatic nitrogens is 1. The summed E-state index contributed by atoms with van der Waals surface area (Å²) in [5, 5.41) is 4.40. The molecule has 124 valence electrons.